The normalized spacial score (nSPS) is 18.1. The quantitative estimate of drug-likeness (QED) is 0.637. The molecule has 0 unspecified atom stereocenters. The van der Waals surface area contributed by atoms with E-state index in [2.05, 4.69) is 4.98 Å². The summed E-state index contributed by atoms with van der Waals surface area (Å²) in [5.41, 5.74) is 6.29. The van der Waals surface area contributed by atoms with E-state index in [-0.39, 0.29) is 6.10 Å². The monoisotopic (exact) mass is 240 g/mol. The van der Waals surface area contributed by atoms with E-state index in [0.717, 1.165) is 12.8 Å². The van der Waals surface area contributed by atoms with Crippen LogP contribution in [0.15, 0.2) is 12.1 Å². The molecule has 0 bridgehead atoms. The van der Waals surface area contributed by atoms with Gasteiger partial charge >= 0.3 is 0 Å². The number of nitrogens with zero attached hydrogens (tertiary/aromatic N) is 1. The molecule has 1 fully saturated rings. The van der Waals surface area contributed by atoms with Crippen LogP contribution in [-0.2, 0) is 0 Å². The van der Waals surface area contributed by atoms with Crippen LogP contribution in [0.1, 0.15) is 38.5 Å². The van der Waals surface area contributed by atoms with Crippen molar-refractivity contribution in [2.75, 3.05) is 5.73 Å². The molecule has 0 atom stereocenters. The summed E-state index contributed by atoms with van der Waals surface area (Å²) in [7, 11) is 0. The first-order valence-corrected chi connectivity index (χ1v) is 6.21. The summed E-state index contributed by atoms with van der Waals surface area (Å²) >= 11 is 5.83. The van der Waals surface area contributed by atoms with Crippen LogP contribution >= 0.6 is 11.6 Å². The average molecular weight is 241 g/mol. The van der Waals surface area contributed by atoms with Crippen molar-refractivity contribution in [2.45, 2.75) is 44.6 Å². The van der Waals surface area contributed by atoms with Crippen molar-refractivity contribution in [3.8, 4) is 5.88 Å². The Morgan fingerprint density at radius 1 is 1.19 bits per heavy atom. The van der Waals surface area contributed by atoms with Crippen LogP contribution < -0.4 is 10.5 Å². The van der Waals surface area contributed by atoms with Crippen LogP contribution in [0.2, 0.25) is 5.15 Å². The minimum atomic E-state index is 0.271. The number of aromatic nitrogens is 1. The summed E-state index contributed by atoms with van der Waals surface area (Å²) in [5, 5.41) is 0.392. The van der Waals surface area contributed by atoms with Crippen molar-refractivity contribution in [3.05, 3.63) is 17.3 Å². The molecule has 1 aliphatic rings. The van der Waals surface area contributed by atoms with E-state index in [1.807, 2.05) is 0 Å². The van der Waals surface area contributed by atoms with Gasteiger partial charge in [-0.1, -0.05) is 24.4 Å². The second-order valence-corrected chi connectivity index (χ2v) is 4.68. The van der Waals surface area contributed by atoms with E-state index in [1.54, 1.807) is 12.1 Å². The number of hydrogen-bond donors (Lipinski definition) is 1. The molecule has 0 spiro atoms. The Labute approximate surface area is 101 Å². The standard InChI is InChI=1S/C12H17ClN2O/c13-11-7-9(14)8-12(15-11)16-10-5-3-1-2-4-6-10/h7-8,10H,1-6H2,(H2,14,15). The molecule has 2 N–H and O–H groups in total. The number of pyridine rings is 1. The Morgan fingerprint density at radius 2 is 1.88 bits per heavy atom. The highest BCUT2D eigenvalue weighted by molar-refractivity contribution is 6.29. The van der Waals surface area contributed by atoms with Crippen LogP contribution in [-0.4, -0.2) is 11.1 Å². The summed E-state index contributed by atoms with van der Waals surface area (Å²) in [6, 6.07) is 3.36. The van der Waals surface area contributed by atoms with Gasteiger partial charge < -0.3 is 10.5 Å². The van der Waals surface area contributed by atoms with E-state index < -0.39 is 0 Å². The maximum atomic E-state index is 5.83. The fourth-order valence-electron chi connectivity index (χ4n) is 2.08. The molecule has 0 aliphatic heterocycles. The SMILES string of the molecule is Nc1cc(Cl)nc(OC2CCCCCC2)c1. The van der Waals surface area contributed by atoms with Crippen LogP contribution in [0.5, 0.6) is 5.88 Å². The zero-order valence-corrected chi connectivity index (χ0v) is 10.0. The third-order valence-electron chi connectivity index (χ3n) is 2.88. The fraction of sp³-hybridized carbons (Fsp3) is 0.583. The Morgan fingerprint density at radius 3 is 2.50 bits per heavy atom. The predicted octanol–water partition coefficient (Wildman–Crippen LogP) is 3.42. The molecule has 88 valence electrons. The van der Waals surface area contributed by atoms with Gasteiger partial charge in [0.25, 0.3) is 0 Å². The van der Waals surface area contributed by atoms with Crippen LogP contribution in [0.3, 0.4) is 0 Å². The number of ether oxygens (including phenoxy) is 1. The molecule has 1 aromatic rings. The lowest BCUT2D eigenvalue weighted by Crippen LogP contribution is -2.15. The zero-order chi connectivity index (χ0) is 11.4. The van der Waals surface area contributed by atoms with E-state index >= 15 is 0 Å². The van der Waals surface area contributed by atoms with Gasteiger partial charge in [-0.3, -0.25) is 0 Å². The molecule has 16 heavy (non-hydrogen) atoms. The number of nitrogens with two attached hydrogens (primary N) is 1. The molecular weight excluding hydrogens is 224 g/mol. The number of rotatable bonds is 2. The fourth-order valence-corrected chi connectivity index (χ4v) is 2.29. The average Bonchev–Trinajstić information content (AvgIpc) is 2.44. The maximum Gasteiger partial charge on any atom is 0.217 e. The van der Waals surface area contributed by atoms with Crippen LogP contribution in [0, 0.1) is 0 Å². The van der Waals surface area contributed by atoms with E-state index in [4.69, 9.17) is 22.1 Å². The van der Waals surface area contributed by atoms with Gasteiger partial charge in [0.1, 0.15) is 11.3 Å². The second-order valence-electron chi connectivity index (χ2n) is 4.29. The third kappa shape index (κ3) is 3.27. The van der Waals surface area contributed by atoms with Gasteiger partial charge in [0.2, 0.25) is 5.88 Å². The predicted molar refractivity (Wildman–Crippen MR) is 65.8 cm³/mol. The first-order valence-electron chi connectivity index (χ1n) is 5.84. The molecule has 1 aliphatic carbocycles. The highest BCUT2D eigenvalue weighted by atomic mass is 35.5. The van der Waals surface area contributed by atoms with Crippen LogP contribution in [0.4, 0.5) is 5.69 Å². The van der Waals surface area contributed by atoms with Crippen molar-refractivity contribution >= 4 is 17.3 Å². The van der Waals surface area contributed by atoms with Crippen molar-refractivity contribution in [2.24, 2.45) is 0 Å². The molecule has 3 nitrogen and oxygen atoms in total. The van der Waals surface area contributed by atoms with Crippen molar-refractivity contribution in [1.29, 1.82) is 0 Å². The van der Waals surface area contributed by atoms with Gasteiger partial charge in [-0.25, -0.2) is 4.98 Å². The summed E-state index contributed by atoms with van der Waals surface area (Å²) in [6.07, 6.45) is 7.58. The molecule has 0 saturated heterocycles. The highest BCUT2D eigenvalue weighted by Crippen LogP contribution is 2.24. The van der Waals surface area contributed by atoms with Gasteiger partial charge in [-0.05, 0) is 31.7 Å². The van der Waals surface area contributed by atoms with Crippen molar-refractivity contribution in [3.63, 3.8) is 0 Å². The highest BCUT2D eigenvalue weighted by Gasteiger charge is 2.14. The number of hydrogen-bond acceptors (Lipinski definition) is 3. The second kappa shape index (κ2) is 5.39. The van der Waals surface area contributed by atoms with Gasteiger partial charge in [-0.2, -0.15) is 0 Å². The topological polar surface area (TPSA) is 48.1 Å². The van der Waals surface area contributed by atoms with E-state index in [1.165, 1.54) is 25.7 Å². The van der Waals surface area contributed by atoms with Crippen LogP contribution in [0.25, 0.3) is 0 Å². The summed E-state index contributed by atoms with van der Waals surface area (Å²) in [4.78, 5) is 4.12. The summed E-state index contributed by atoms with van der Waals surface area (Å²) in [5.74, 6) is 0.553. The lowest BCUT2D eigenvalue weighted by Gasteiger charge is -2.16. The molecule has 1 aromatic heterocycles. The Balaban J connectivity index is 2.01. The molecule has 0 amide bonds. The largest absolute Gasteiger partial charge is 0.474 e. The zero-order valence-electron chi connectivity index (χ0n) is 9.29. The molecule has 4 heteroatoms. The van der Waals surface area contributed by atoms with E-state index in [0.29, 0.717) is 16.7 Å². The van der Waals surface area contributed by atoms with E-state index in [9.17, 15) is 0 Å². The smallest absolute Gasteiger partial charge is 0.217 e. The number of nitrogen functional groups attached to an aromatic ring is 1. The molecule has 0 aromatic carbocycles. The van der Waals surface area contributed by atoms with Gasteiger partial charge in [-0.15, -0.1) is 0 Å². The maximum absolute atomic E-state index is 5.83. The molecule has 1 heterocycles. The van der Waals surface area contributed by atoms with Gasteiger partial charge in [0.05, 0.1) is 0 Å². The summed E-state index contributed by atoms with van der Waals surface area (Å²) in [6.45, 7) is 0. The Hall–Kier alpha value is -0.960. The lowest BCUT2D eigenvalue weighted by molar-refractivity contribution is 0.176. The molecule has 1 saturated carbocycles. The lowest BCUT2D eigenvalue weighted by atomic mass is 10.1. The Kier molecular flexibility index (Phi) is 3.88. The minimum absolute atomic E-state index is 0.271. The number of halogens is 1. The number of anilines is 1. The van der Waals surface area contributed by atoms with Crippen molar-refractivity contribution < 1.29 is 4.74 Å². The third-order valence-corrected chi connectivity index (χ3v) is 3.08. The molecule has 0 radical (unpaired) electrons. The Bertz CT molecular complexity index is 329. The first-order chi connectivity index (χ1) is 7.74. The van der Waals surface area contributed by atoms with Crippen molar-refractivity contribution in [1.82, 2.24) is 4.98 Å². The van der Waals surface area contributed by atoms with Gasteiger partial charge in [0.15, 0.2) is 0 Å². The minimum Gasteiger partial charge on any atom is -0.474 e. The molecular formula is C12H17ClN2O. The van der Waals surface area contributed by atoms with Gasteiger partial charge in [0, 0.05) is 11.8 Å². The molecule has 2 rings (SSSR count). The first kappa shape index (κ1) is 11.5. The summed E-state index contributed by atoms with van der Waals surface area (Å²) < 4.78 is 5.82.